The number of ether oxygens (including phenoxy) is 3. The topological polar surface area (TPSA) is 184 Å². The Morgan fingerprint density at radius 1 is 0.714 bits per heavy atom. The summed E-state index contributed by atoms with van der Waals surface area (Å²) < 4.78 is 14.9. The van der Waals surface area contributed by atoms with Crippen molar-refractivity contribution in [1.82, 2.24) is 40.4 Å². The molecule has 56 heavy (non-hydrogen) atoms. The average Bonchev–Trinajstić information content (AvgIpc) is 4.08. The van der Waals surface area contributed by atoms with Gasteiger partial charge < -0.3 is 44.6 Å². The summed E-state index contributed by atoms with van der Waals surface area (Å²) in [6, 6.07) is 15.3. The number of H-pyrrole nitrogens is 2. The molecule has 3 aliphatic rings. The van der Waals surface area contributed by atoms with Crippen LogP contribution in [-0.2, 0) is 23.8 Å². The number of carbonyl (C=O) groups excluding carboxylic acids is 4. The van der Waals surface area contributed by atoms with Gasteiger partial charge in [-0.25, -0.2) is 19.6 Å². The molecule has 1 aliphatic carbocycles. The molecule has 296 valence electrons. The standard InChI is InChI=1S/C41H50N8O7/c1-24(54-2)35(47-41(53)56-4)39(51)49-20-6-8-34(49)37-43-23-32(46-37)28-15-11-26(12-16-28)25-9-13-27(14-10-25)31-22-42-36(45-31)33-7-5-19-48(33)38(50)29-17-18-30(21-29)44-40(52)55-3/h9-16,22-24,29-30,33-35H,5-8,17-21H2,1-4H3,(H,42,45)(H,43,46)(H,44,52)(H,47,53)/t24-,29+,30-,33+,34?,35+/m1/s1. The van der Waals surface area contributed by atoms with Crippen LogP contribution in [-0.4, -0.2) is 106 Å². The number of rotatable bonds is 11. The molecule has 0 bridgehead atoms. The molecule has 0 radical (unpaired) electrons. The summed E-state index contributed by atoms with van der Waals surface area (Å²) in [6.45, 7) is 2.98. The van der Waals surface area contributed by atoms with E-state index in [1.807, 2.05) is 23.2 Å². The molecule has 4 aromatic rings. The molecule has 6 atom stereocenters. The largest absolute Gasteiger partial charge is 0.453 e. The van der Waals surface area contributed by atoms with Crippen molar-refractivity contribution in [2.75, 3.05) is 34.4 Å². The fourth-order valence-electron chi connectivity index (χ4n) is 8.30. The summed E-state index contributed by atoms with van der Waals surface area (Å²) >= 11 is 0. The van der Waals surface area contributed by atoms with Crippen molar-refractivity contribution >= 4 is 24.0 Å². The van der Waals surface area contributed by atoms with E-state index in [-0.39, 0.29) is 35.9 Å². The zero-order chi connectivity index (χ0) is 39.3. The van der Waals surface area contributed by atoms with Gasteiger partial charge in [0.05, 0.1) is 56.2 Å². The number of aromatic amines is 2. The quantitative estimate of drug-likeness (QED) is 0.148. The van der Waals surface area contributed by atoms with E-state index in [2.05, 4.69) is 62.0 Å². The van der Waals surface area contributed by atoms with Gasteiger partial charge in [-0.15, -0.1) is 0 Å². The lowest BCUT2D eigenvalue weighted by molar-refractivity contribution is -0.138. The molecule has 1 unspecified atom stereocenters. The molecular formula is C41H50N8O7. The number of alkyl carbamates (subject to hydrolysis) is 2. The van der Waals surface area contributed by atoms with E-state index in [1.54, 1.807) is 18.0 Å². The van der Waals surface area contributed by atoms with E-state index in [0.29, 0.717) is 25.3 Å². The lowest BCUT2D eigenvalue weighted by Crippen LogP contribution is -2.54. The third-order valence-corrected chi connectivity index (χ3v) is 11.5. The Morgan fingerprint density at radius 3 is 1.77 bits per heavy atom. The Bertz CT molecular complexity index is 2010. The van der Waals surface area contributed by atoms with E-state index in [0.717, 1.165) is 78.0 Å². The minimum Gasteiger partial charge on any atom is -0.453 e. The maximum Gasteiger partial charge on any atom is 0.407 e. The second-order valence-electron chi connectivity index (χ2n) is 14.8. The van der Waals surface area contributed by atoms with Crippen LogP contribution in [0.5, 0.6) is 0 Å². The fraction of sp³-hybridized carbons (Fsp3) is 0.463. The monoisotopic (exact) mass is 766 g/mol. The molecule has 4 heterocycles. The first-order chi connectivity index (χ1) is 27.2. The van der Waals surface area contributed by atoms with Crippen LogP contribution < -0.4 is 10.6 Å². The zero-order valence-electron chi connectivity index (χ0n) is 32.2. The van der Waals surface area contributed by atoms with Gasteiger partial charge in [-0.2, -0.15) is 0 Å². The highest BCUT2D eigenvalue weighted by Crippen LogP contribution is 2.37. The van der Waals surface area contributed by atoms with Crippen LogP contribution in [0.15, 0.2) is 60.9 Å². The number of likely N-dealkylation sites (tertiary alicyclic amines) is 2. The molecule has 2 aliphatic heterocycles. The van der Waals surface area contributed by atoms with Gasteiger partial charge in [-0.3, -0.25) is 9.59 Å². The smallest absolute Gasteiger partial charge is 0.407 e. The predicted octanol–water partition coefficient (Wildman–Crippen LogP) is 5.75. The number of benzene rings is 2. The van der Waals surface area contributed by atoms with E-state index in [9.17, 15) is 19.2 Å². The summed E-state index contributed by atoms with van der Waals surface area (Å²) in [7, 11) is 4.11. The minimum atomic E-state index is -0.892. The Morgan fingerprint density at radius 2 is 1.23 bits per heavy atom. The molecule has 7 rings (SSSR count). The van der Waals surface area contributed by atoms with Crippen molar-refractivity contribution in [1.29, 1.82) is 0 Å². The van der Waals surface area contributed by atoms with Gasteiger partial charge in [0.2, 0.25) is 11.8 Å². The first-order valence-electron chi connectivity index (χ1n) is 19.3. The van der Waals surface area contributed by atoms with Crippen LogP contribution in [0, 0.1) is 5.92 Å². The lowest BCUT2D eigenvalue weighted by Gasteiger charge is -2.30. The van der Waals surface area contributed by atoms with Crippen LogP contribution >= 0.6 is 0 Å². The zero-order valence-corrected chi connectivity index (χ0v) is 32.2. The Hall–Kier alpha value is -5.70. The first-order valence-corrected chi connectivity index (χ1v) is 19.3. The normalized spacial score (nSPS) is 21.8. The number of hydrogen-bond acceptors (Lipinski definition) is 9. The van der Waals surface area contributed by atoms with Gasteiger partial charge in [0, 0.05) is 32.2 Å². The molecule has 0 spiro atoms. The molecule has 2 aromatic heterocycles. The molecule has 1 saturated carbocycles. The second kappa shape index (κ2) is 17.0. The van der Waals surface area contributed by atoms with Gasteiger partial charge in [0.15, 0.2) is 0 Å². The third kappa shape index (κ3) is 8.13. The van der Waals surface area contributed by atoms with Crippen LogP contribution in [0.3, 0.4) is 0 Å². The number of imidazole rings is 2. The highest BCUT2D eigenvalue weighted by Gasteiger charge is 2.40. The van der Waals surface area contributed by atoms with Crippen LogP contribution in [0.25, 0.3) is 33.6 Å². The van der Waals surface area contributed by atoms with Gasteiger partial charge >= 0.3 is 12.2 Å². The van der Waals surface area contributed by atoms with Crippen LogP contribution in [0.2, 0.25) is 0 Å². The van der Waals surface area contributed by atoms with Gasteiger partial charge in [-0.05, 0) is 74.1 Å². The molecule has 2 aromatic carbocycles. The van der Waals surface area contributed by atoms with E-state index in [4.69, 9.17) is 19.2 Å². The summed E-state index contributed by atoms with van der Waals surface area (Å²) in [5.74, 6) is 1.26. The molecule has 3 fully saturated rings. The summed E-state index contributed by atoms with van der Waals surface area (Å²) in [4.78, 5) is 70.8. The average molecular weight is 767 g/mol. The van der Waals surface area contributed by atoms with E-state index in [1.165, 1.54) is 21.3 Å². The number of nitrogens with zero attached hydrogens (tertiary/aromatic N) is 4. The summed E-state index contributed by atoms with van der Waals surface area (Å²) in [6.07, 6.45) is 7.40. The Kier molecular flexibility index (Phi) is 11.7. The molecule has 15 heteroatoms. The molecule has 4 N–H and O–H groups in total. The highest BCUT2D eigenvalue weighted by molar-refractivity contribution is 5.87. The molecule has 2 saturated heterocycles. The summed E-state index contributed by atoms with van der Waals surface area (Å²) in [5.41, 5.74) is 5.83. The van der Waals surface area contributed by atoms with Gasteiger partial charge in [0.25, 0.3) is 0 Å². The van der Waals surface area contributed by atoms with Crippen molar-refractivity contribution in [3.63, 3.8) is 0 Å². The maximum absolute atomic E-state index is 13.6. The number of hydrogen-bond donors (Lipinski definition) is 4. The Labute approximate surface area is 325 Å². The number of aromatic nitrogens is 4. The Balaban J connectivity index is 0.977. The second-order valence-corrected chi connectivity index (χ2v) is 14.8. The number of amides is 4. The predicted molar refractivity (Wildman–Crippen MR) is 207 cm³/mol. The van der Waals surface area contributed by atoms with Crippen LogP contribution in [0.4, 0.5) is 9.59 Å². The van der Waals surface area contributed by atoms with E-state index >= 15 is 0 Å². The number of methoxy groups -OCH3 is 3. The minimum absolute atomic E-state index is 0.0451. The summed E-state index contributed by atoms with van der Waals surface area (Å²) in [5, 5.41) is 5.46. The molecule has 15 nitrogen and oxygen atoms in total. The first kappa shape index (κ1) is 38.6. The molecular weight excluding hydrogens is 716 g/mol. The molecule has 4 amide bonds. The van der Waals surface area contributed by atoms with Crippen molar-refractivity contribution in [2.45, 2.75) is 82.1 Å². The van der Waals surface area contributed by atoms with Gasteiger partial charge in [-0.1, -0.05) is 48.5 Å². The third-order valence-electron chi connectivity index (χ3n) is 11.5. The van der Waals surface area contributed by atoms with Crippen LogP contribution in [0.1, 0.15) is 75.6 Å². The SMILES string of the molecule is COC(=O)N[C@@H]1CC[C@H](C(=O)N2CCC[C@H]2c2ncc(-c3ccc(-c4ccc(-c5cnc(C6CCCN6C(=O)[C@@H](NC(=O)OC)[C@@H](C)OC)[nH]5)cc4)cc3)[nH]2)C1. The number of carbonyl (C=O) groups is 4. The fourth-order valence-corrected chi connectivity index (χ4v) is 8.30. The van der Waals surface area contributed by atoms with Gasteiger partial charge in [0.1, 0.15) is 17.7 Å². The highest BCUT2D eigenvalue weighted by atomic mass is 16.5. The van der Waals surface area contributed by atoms with Crippen molar-refractivity contribution in [3.8, 4) is 33.6 Å². The van der Waals surface area contributed by atoms with Crippen molar-refractivity contribution in [3.05, 3.63) is 72.6 Å². The van der Waals surface area contributed by atoms with Crippen molar-refractivity contribution < 1.29 is 33.4 Å². The maximum atomic E-state index is 13.6. The lowest BCUT2D eigenvalue weighted by atomic mass is 10.0. The number of nitrogens with one attached hydrogen (secondary N) is 4. The van der Waals surface area contributed by atoms with E-state index < -0.39 is 24.3 Å². The van der Waals surface area contributed by atoms with Crippen molar-refractivity contribution in [2.24, 2.45) is 5.92 Å².